The van der Waals surface area contributed by atoms with Crippen molar-refractivity contribution in [1.82, 2.24) is 5.32 Å². The molecule has 0 amide bonds. The number of fused-ring (bicyclic) bond motifs is 4. The summed E-state index contributed by atoms with van der Waals surface area (Å²) in [6.07, 6.45) is 5.16. The van der Waals surface area contributed by atoms with E-state index < -0.39 is 0 Å². The minimum atomic E-state index is -0.00951. The summed E-state index contributed by atoms with van der Waals surface area (Å²) < 4.78 is 12.9. The Labute approximate surface area is 120 Å². The van der Waals surface area contributed by atoms with Gasteiger partial charge in [-0.3, -0.25) is 0 Å². The molecular weight excluding hydrogens is 250 g/mol. The van der Waals surface area contributed by atoms with E-state index in [1.54, 1.807) is 0 Å². The summed E-state index contributed by atoms with van der Waals surface area (Å²) in [5, 5.41) is 3.46. The molecule has 0 radical (unpaired) electrons. The van der Waals surface area contributed by atoms with Crippen LogP contribution >= 0.6 is 0 Å². The maximum Gasteiger partial charge on any atom is 0.125 e. The van der Waals surface area contributed by atoms with Gasteiger partial charge in [-0.05, 0) is 51.8 Å². The first-order valence-electron chi connectivity index (χ1n) is 7.93. The third kappa shape index (κ3) is 1.87. The fraction of sp³-hybridized carbons (Fsp3) is 0.647. The summed E-state index contributed by atoms with van der Waals surface area (Å²) in [6.45, 7) is 4.31. The van der Waals surface area contributed by atoms with E-state index in [-0.39, 0.29) is 11.7 Å². The molecule has 3 heteroatoms. The lowest BCUT2D eigenvalue weighted by molar-refractivity contribution is -0.163. The van der Waals surface area contributed by atoms with Gasteiger partial charge >= 0.3 is 0 Å². The molecule has 20 heavy (non-hydrogen) atoms. The van der Waals surface area contributed by atoms with E-state index in [4.69, 9.17) is 9.47 Å². The van der Waals surface area contributed by atoms with Crippen LogP contribution in [0.3, 0.4) is 0 Å². The van der Waals surface area contributed by atoms with Crippen LogP contribution in [0, 0.1) is 5.92 Å². The van der Waals surface area contributed by atoms with Gasteiger partial charge in [-0.1, -0.05) is 18.2 Å². The van der Waals surface area contributed by atoms with Crippen molar-refractivity contribution in [3.63, 3.8) is 0 Å². The first-order chi connectivity index (χ1) is 9.78. The van der Waals surface area contributed by atoms with Crippen molar-refractivity contribution in [3.8, 4) is 5.75 Å². The quantitative estimate of drug-likeness (QED) is 0.788. The van der Waals surface area contributed by atoms with E-state index in [0.29, 0.717) is 12.0 Å². The van der Waals surface area contributed by atoms with Gasteiger partial charge in [0.25, 0.3) is 0 Å². The molecule has 2 saturated heterocycles. The number of nitrogens with one attached hydrogen (secondary N) is 1. The maximum absolute atomic E-state index is 6.55. The predicted octanol–water partition coefficient (Wildman–Crippen LogP) is 3.06. The van der Waals surface area contributed by atoms with E-state index in [1.165, 1.54) is 12.0 Å². The van der Waals surface area contributed by atoms with Gasteiger partial charge in [0.1, 0.15) is 11.4 Å². The van der Waals surface area contributed by atoms with Gasteiger partial charge in [0, 0.05) is 11.5 Å². The number of piperidine rings is 1. The SMILES string of the molecule is C[C@H]1CC[C@@H]2[C@@H](O1)c1ccccc1OC21CCNCC1. The average Bonchev–Trinajstić information content (AvgIpc) is 2.48. The fourth-order valence-corrected chi connectivity index (χ4v) is 4.23. The second-order valence-corrected chi connectivity index (χ2v) is 6.51. The zero-order valence-electron chi connectivity index (χ0n) is 12.1. The van der Waals surface area contributed by atoms with Gasteiger partial charge in [0.05, 0.1) is 12.2 Å². The average molecular weight is 273 g/mol. The Kier molecular flexibility index (Phi) is 3.00. The maximum atomic E-state index is 6.55. The summed E-state index contributed by atoms with van der Waals surface area (Å²) in [6, 6.07) is 8.46. The Balaban J connectivity index is 1.77. The van der Waals surface area contributed by atoms with Crippen LogP contribution in [0.15, 0.2) is 24.3 Å². The molecule has 1 spiro atoms. The molecule has 3 aliphatic heterocycles. The van der Waals surface area contributed by atoms with Crippen LogP contribution < -0.4 is 10.1 Å². The van der Waals surface area contributed by atoms with Crippen molar-refractivity contribution in [2.75, 3.05) is 13.1 Å². The molecule has 4 rings (SSSR count). The largest absolute Gasteiger partial charge is 0.486 e. The second kappa shape index (κ2) is 4.74. The monoisotopic (exact) mass is 273 g/mol. The van der Waals surface area contributed by atoms with Crippen LogP contribution in [0.2, 0.25) is 0 Å². The number of ether oxygens (including phenoxy) is 2. The number of hydrogen-bond donors (Lipinski definition) is 1. The van der Waals surface area contributed by atoms with E-state index >= 15 is 0 Å². The summed E-state index contributed by atoms with van der Waals surface area (Å²) in [5.74, 6) is 1.56. The number of benzene rings is 1. The Bertz CT molecular complexity index is 496. The lowest BCUT2D eigenvalue weighted by Crippen LogP contribution is -2.56. The van der Waals surface area contributed by atoms with Crippen LogP contribution in [0.25, 0.3) is 0 Å². The first-order valence-corrected chi connectivity index (χ1v) is 7.93. The highest BCUT2D eigenvalue weighted by Crippen LogP contribution is 2.53. The molecule has 1 N–H and O–H groups in total. The molecule has 0 aromatic heterocycles. The van der Waals surface area contributed by atoms with Crippen molar-refractivity contribution in [1.29, 1.82) is 0 Å². The Hall–Kier alpha value is -1.06. The molecule has 3 aliphatic rings. The lowest BCUT2D eigenvalue weighted by atomic mass is 9.69. The minimum Gasteiger partial charge on any atom is -0.486 e. The first kappa shape index (κ1) is 12.7. The van der Waals surface area contributed by atoms with E-state index in [1.807, 2.05) is 0 Å². The van der Waals surface area contributed by atoms with Gasteiger partial charge < -0.3 is 14.8 Å². The summed E-state index contributed by atoms with van der Waals surface area (Å²) in [4.78, 5) is 0. The molecule has 0 saturated carbocycles. The third-order valence-electron chi connectivity index (χ3n) is 5.29. The van der Waals surface area contributed by atoms with Crippen molar-refractivity contribution >= 4 is 0 Å². The predicted molar refractivity (Wildman–Crippen MR) is 77.9 cm³/mol. The summed E-state index contributed by atoms with van der Waals surface area (Å²) >= 11 is 0. The lowest BCUT2D eigenvalue weighted by Gasteiger charge is -2.52. The van der Waals surface area contributed by atoms with Gasteiger partial charge in [0.2, 0.25) is 0 Å². The van der Waals surface area contributed by atoms with Gasteiger partial charge in [-0.2, -0.15) is 0 Å². The molecule has 0 aliphatic carbocycles. The molecule has 0 bridgehead atoms. The third-order valence-corrected chi connectivity index (χ3v) is 5.29. The molecular formula is C17H23NO2. The smallest absolute Gasteiger partial charge is 0.125 e. The van der Waals surface area contributed by atoms with E-state index in [2.05, 4.69) is 36.5 Å². The number of hydrogen-bond acceptors (Lipinski definition) is 3. The Morgan fingerprint density at radius 2 is 1.95 bits per heavy atom. The fourth-order valence-electron chi connectivity index (χ4n) is 4.23. The van der Waals surface area contributed by atoms with Crippen LogP contribution in [-0.4, -0.2) is 24.8 Å². The van der Waals surface area contributed by atoms with Crippen molar-refractivity contribution in [3.05, 3.63) is 29.8 Å². The molecule has 3 atom stereocenters. The van der Waals surface area contributed by atoms with E-state index in [9.17, 15) is 0 Å². The normalized spacial score (nSPS) is 35.0. The van der Waals surface area contributed by atoms with Crippen molar-refractivity contribution in [2.45, 2.75) is 50.4 Å². The summed E-state index contributed by atoms with van der Waals surface area (Å²) in [5.41, 5.74) is 1.25. The zero-order chi connectivity index (χ0) is 13.6. The van der Waals surface area contributed by atoms with Crippen molar-refractivity contribution < 1.29 is 9.47 Å². The molecule has 3 nitrogen and oxygen atoms in total. The topological polar surface area (TPSA) is 30.5 Å². The second-order valence-electron chi connectivity index (χ2n) is 6.51. The number of rotatable bonds is 0. The minimum absolute atomic E-state index is 0.00951. The van der Waals surface area contributed by atoms with Crippen LogP contribution in [0.5, 0.6) is 5.75 Å². The Morgan fingerprint density at radius 3 is 2.80 bits per heavy atom. The van der Waals surface area contributed by atoms with Crippen LogP contribution in [-0.2, 0) is 4.74 Å². The molecule has 108 valence electrons. The molecule has 0 unspecified atom stereocenters. The molecule has 1 aromatic rings. The highest BCUT2D eigenvalue weighted by Gasteiger charge is 2.52. The zero-order valence-corrected chi connectivity index (χ0v) is 12.1. The van der Waals surface area contributed by atoms with Crippen molar-refractivity contribution in [2.24, 2.45) is 5.92 Å². The molecule has 3 heterocycles. The van der Waals surface area contributed by atoms with Gasteiger partial charge in [-0.25, -0.2) is 0 Å². The highest BCUT2D eigenvalue weighted by molar-refractivity contribution is 5.39. The van der Waals surface area contributed by atoms with E-state index in [0.717, 1.165) is 38.1 Å². The number of para-hydroxylation sites is 1. The molecule has 1 aromatic carbocycles. The van der Waals surface area contributed by atoms with Gasteiger partial charge in [-0.15, -0.1) is 0 Å². The summed E-state index contributed by atoms with van der Waals surface area (Å²) in [7, 11) is 0. The van der Waals surface area contributed by atoms with Crippen LogP contribution in [0.4, 0.5) is 0 Å². The van der Waals surface area contributed by atoms with Crippen LogP contribution in [0.1, 0.15) is 44.3 Å². The molecule has 2 fully saturated rings. The highest BCUT2D eigenvalue weighted by atomic mass is 16.5. The standard InChI is InChI=1S/C17H23NO2/c1-12-6-7-14-16(19-12)13-4-2-3-5-15(13)20-17(14)8-10-18-11-9-17/h2-5,12,14,16,18H,6-11H2,1H3/t12-,14+,16-/m0/s1. The van der Waals surface area contributed by atoms with Gasteiger partial charge in [0.15, 0.2) is 0 Å². The Morgan fingerprint density at radius 1 is 1.15 bits per heavy atom.